The van der Waals surface area contributed by atoms with Gasteiger partial charge in [0.05, 0.1) is 16.8 Å². The largest absolute Gasteiger partial charge is 0.352 e. The third-order valence-corrected chi connectivity index (χ3v) is 4.51. The monoisotopic (exact) mass is 373 g/mol. The van der Waals surface area contributed by atoms with Crippen LogP contribution in [0, 0.1) is 6.92 Å². The number of carbonyl (C=O) groups is 1. The first-order valence-corrected chi connectivity index (χ1v) is 8.99. The highest BCUT2D eigenvalue weighted by molar-refractivity contribution is 6.07. The number of aryl methyl sites for hydroxylation is 1. The third kappa shape index (κ3) is 3.68. The maximum Gasteiger partial charge on any atom is 0.340 e. The van der Waals surface area contributed by atoms with E-state index in [4.69, 9.17) is 4.98 Å². The minimum atomic E-state index is -0.357. The van der Waals surface area contributed by atoms with E-state index >= 15 is 0 Å². The van der Waals surface area contributed by atoms with Gasteiger partial charge in [0.2, 0.25) is 0 Å². The summed E-state index contributed by atoms with van der Waals surface area (Å²) in [7, 11) is 0. The minimum absolute atomic E-state index is 0.190. The molecule has 0 saturated heterocycles. The van der Waals surface area contributed by atoms with Gasteiger partial charge in [0.15, 0.2) is 0 Å². The zero-order valence-electron chi connectivity index (χ0n) is 15.3. The van der Waals surface area contributed by atoms with E-state index in [2.05, 4.69) is 20.5 Å². The summed E-state index contributed by atoms with van der Waals surface area (Å²) in [6, 6.07) is 17.5. The highest BCUT2D eigenvalue weighted by atomic mass is 16.2. The van der Waals surface area contributed by atoms with Crippen LogP contribution in [0.5, 0.6) is 0 Å². The number of aromatic amines is 2. The lowest BCUT2D eigenvalue weighted by Crippen LogP contribution is -2.26. The number of hydrogen-bond acceptors (Lipinski definition) is 4. The van der Waals surface area contributed by atoms with Gasteiger partial charge in [0.1, 0.15) is 5.82 Å². The molecule has 0 atom stereocenters. The molecule has 0 aliphatic heterocycles. The van der Waals surface area contributed by atoms with Gasteiger partial charge in [-0.2, -0.15) is 5.10 Å². The smallest absolute Gasteiger partial charge is 0.340 e. The Bertz CT molecular complexity index is 1190. The lowest BCUT2D eigenvalue weighted by atomic mass is 10.0. The molecule has 0 radical (unpaired) electrons. The molecule has 0 aliphatic rings. The molecule has 2 aromatic carbocycles. The Balaban J connectivity index is 1.63. The van der Waals surface area contributed by atoms with Gasteiger partial charge in [-0.15, -0.1) is 0 Å². The Morgan fingerprint density at radius 3 is 2.64 bits per heavy atom. The van der Waals surface area contributed by atoms with Crippen LogP contribution in [0.3, 0.4) is 0 Å². The summed E-state index contributed by atoms with van der Waals surface area (Å²) in [6.45, 7) is 2.39. The molecule has 3 N–H and O–H groups in total. The number of fused-ring (bicyclic) bond motifs is 1. The predicted octanol–water partition coefficient (Wildman–Crippen LogP) is 2.59. The van der Waals surface area contributed by atoms with Crippen LogP contribution in [0.2, 0.25) is 0 Å². The second-order valence-corrected chi connectivity index (χ2v) is 6.57. The summed E-state index contributed by atoms with van der Waals surface area (Å²) in [5.41, 5.74) is 3.85. The molecule has 0 aliphatic carbocycles. The van der Waals surface area contributed by atoms with Crippen LogP contribution in [0.15, 0.2) is 59.4 Å². The Labute approximate surface area is 160 Å². The molecule has 7 nitrogen and oxygen atoms in total. The second kappa shape index (κ2) is 7.48. The fourth-order valence-corrected chi connectivity index (χ4v) is 3.05. The first kappa shape index (κ1) is 17.7. The first-order valence-electron chi connectivity index (χ1n) is 8.99. The van der Waals surface area contributed by atoms with Crippen molar-refractivity contribution in [1.29, 1.82) is 0 Å². The molecule has 2 heterocycles. The topological polar surface area (TPSA) is 104 Å². The molecule has 2 aromatic heterocycles. The van der Waals surface area contributed by atoms with Gasteiger partial charge in [-0.05, 0) is 19.1 Å². The Hall–Kier alpha value is -3.74. The third-order valence-electron chi connectivity index (χ3n) is 4.51. The average Bonchev–Trinajstić information content (AvgIpc) is 3.12. The van der Waals surface area contributed by atoms with Gasteiger partial charge in [-0.3, -0.25) is 9.78 Å². The number of hydrogen-bond donors (Lipinski definition) is 3. The molecule has 7 heteroatoms. The molecule has 28 heavy (non-hydrogen) atoms. The Morgan fingerprint density at radius 2 is 1.89 bits per heavy atom. The first-order chi connectivity index (χ1) is 13.6. The Kier molecular flexibility index (Phi) is 4.72. The molecule has 1 amide bonds. The van der Waals surface area contributed by atoms with Crippen LogP contribution in [0.4, 0.5) is 0 Å². The van der Waals surface area contributed by atoms with Crippen LogP contribution in [0.25, 0.3) is 22.2 Å². The summed E-state index contributed by atoms with van der Waals surface area (Å²) >= 11 is 0. The predicted molar refractivity (Wildman–Crippen MR) is 107 cm³/mol. The van der Waals surface area contributed by atoms with Crippen molar-refractivity contribution in [1.82, 2.24) is 25.5 Å². The molecule has 140 valence electrons. The van der Waals surface area contributed by atoms with Gasteiger partial charge in [-0.25, -0.2) is 14.9 Å². The van der Waals surface area contributed by atoms with Gasteiger partial charge in [0, 0.05) is 23.9 Å². The van der Waals surface area contributed by atoms with E-state index in [0.717, 1.165) is 22.2 Å². The number of carbonyl (C=O) groups excluding carboxylic acids is 1. The summed E-state index contributed by atoms with van der Waals surface area (Å²) in [5.74, 6) is 0.315. The van der Waals surface area contributed by atoms with Gasteiger partial charge in [0.25, 0.3) is 5.91 Å². The van der Waals surface area contributed by atoms with E-state index in [1.165, 1.54) is 5.56 Å². The minimum Gasteiger partial charge on any atom is -0.352 e. The highest BCUT2D eigenvalue weighted by Gasteiger charge is 2.14. The number of para-hydroxylation sites is 1. The molecule has 0 bridgehead atoms. The van der Waals surface area contributed by atoms with Gasteiger partial charge >= 0.3 is 5.69 Å². The lowest BCUT2D eigenvalue weighted by molar-refractivity contribution is 0.0955. The maximum atomic E-state index is 12.9. The average molecular weight is 373 g/mol. The molecule has 4 aromatic rings. The van der Waals surface area contributed by atoms with Crippen molar-refractivity contribution in [2.45, 2.75) is 13.3 Å². The molecular weight excluding hydrogens is 354 g/mol. The van der Waals surface area contributed by atoms with Crippen molar-refractivity contribution in [3.8, 4) is 11.3 Å². The van der Waals surface area contributed by atoms with Crippen LogP contribution in [-0.4, -0.2) is 32.6 Å². The summed E-state index contributed by atoms with van der Waals surface area (Å²) in [4.78, 5) is 31.2. The number of benzene rings is 2. The van der Waals surface area contributed by atoms with Crippen LogP contribution < -0.4 is 11.0 Å². The zero-order chi connectivity index (χ0) is 19.5. The normalized spacial score (nSPS) is 10.9. The second-order valence-electron chi connectivity index (χ2n) is 6.57. The van der Waals surface area contributed by atoms with E-state index in [-0.39, 0.29) is 11.6 Å². The van der Waals surface area contributed by atoms with Crippen molar-refractivity contribution < 1.29 is 4.79 Å². The molecule has 0 saturated carbocycles. The number of pyridine rings is 1. The molecular formula is C21H19N5O2. The van der Waals surface area contributed by atoms with Crippen molar-refractivity contribution in [3.63, 3.8) is 0 Å². The highest BCUT2D eigenvalue weighted by Crippen LogP contribution is 2.25. The number of nitrogens with one attached hydrogen (secondary N) is 3. The number of H-pyrrole nitrogens is 2. The van der Waals surface area contributed by atoms with Crippen molar-refractivity contribution in [2.24, 2.45) is 0 Å². The molecule has 4 rings (SSSR count). The summed E-state index contributed by atoms with van der Waals surface area (Å²) in [6.07, 6.45) is 0.429. The van der Waals surface area contributed by atoms with E-state index in [1.807, 2.05) is 61.5 Å². The molecule has 0 fully saturated rings. The fourth-order valence-electron chi connectivity index (χ4n) is 3.05. The van der Waals surface area contributed by atoms with Crippen LogP contribution in [-0.2, 0) is 6.42 Å². The summed E-state index contributed by atoms with van der Waals surface area (Å²) in [5, 5.41) is 9.84. The Morgan fingerprint density at radius 1 is 1.11 bits per heavy atom. The maximum absolute atomic E-state index is 12.9. The SMILES string of the molecule is Cc1ccc(-c2cc(C(=O)NCCc3n[nH]c(=O)[nH]3)c3ccccc3n2)cc1. The quantitative estimate of drug-likeness (QED) is 0.500. The van der Waals surface area contributed by atoms with Crippen molar-refractivity contribution >= 4 is 16.8 Å². The van der Waals surface area contributed by atoms with E-state index in [0.29, 0.717) is 24.4 Å². The standard InChI is InChI=1S/C21H19N5O2/c1-13-6-8-14(9-7-13)18-12-16(15-4-2-3-5-17(15)23-18)20(27)22-11-10-19-24-21(28)26-25-19/h2-9,12H,10-11H2,1H3,(H,22,27)(H2,24,25,26,28). The number of rotatable bonds is 5. The zero-order valence-corrected chi connectivity index (χ0v) is 15.3. The van der Waals surface area contributed by atoms with Crippen LogP contribution >= 0.6 is 0 Å². The van der Waals surface area contributed by atoms with E-state index in [9.17, 15) is 9.59 Å². The molecule has 0 unspecified atom stereocenters. The fraction of sp³-hybridized carbons (Fsp3) is 0.143. The van der Waals surface area contributed by atoms with E-state index in [1.54, 1.807) is 0 Å². The van der Waals surface area contributed by atoms with Crippen LogP contribution in [0.1, 0.15) is 21.7 Å². The van der Waals surface area contributed by atoms with E-state index < -0.39 is 0 Å². The van der Waals surface area contributed by atoms with Gasteiger partial charge in [-0.1, -0.05) is 48.0 Å². The number of aromatic nitrogens is 4. The summed E-state index contributed by atoms with van der Waals surface area (Å²) < 4.78 is 0. The number of amides is 1. The van der Waals surface area contributed by atoms with Crippen molar-refractivity contribution in [2.75, 3.05) is 6.54 Å². The van der Waals surface area contributed by atoms with Gasteiger partial charge < -0.3 is 5.32 Å². The van der Waals surface area contributed by atoms with Crippen molar-refractivity contribution in [3.05, 3.63) is 82.0 Å². The number of nitrogens with zero attached hydrogens (tertiary/aromatic N) is 2. The lowest BCUT2D eigenvalue weighted by Gasteiger charge is -2.10. The molecule has 0 spiro atoms.